The van der Waals surface area contributed by atoms with Gasteiger partial charge < -0.3 is 14.7 Å². The van der Waals surface area contributed by atoms with E-state index in [1.807, 2.05) is 0 Å². The molecule has 0 aromatic heterocycles. The fourth-order valence-electron chi connectivity index (χ4n) is 5.19. The van der Waals surface area contributed by atoms with Gasteiger partial charge in [-0.3, -0.25) is 4.79 Å². The molecule has 0 spiro atoms. The van der Waals surface area contributed by atoms with Crippen molar-refractivity contribution in [3.05, 3.63) is 70.5 Å². The van der Waals surface area contributed by atoms with Crippen LogP contribution in [0.4, 0.5) is 30.7 Å². The molecule has 5 atom stereocenters. The molecular formula is C25H24F7NO3. The number of fused-ring (bicyclic) bond motifs is 1. The maximum atomic E-state index is 13.6. The first-order valence-electron chi connectivity index (χ1n) is 11.3. The second-order valence-corrected chi connectivity index (χ2v) is 9.68. The monoisotopic (exact) mass is 519 g/mol. The van der Waals surface area contributed by atoms with Crippen molar-refractivity contribution in [3.8, 4) is 0 Å². The van der Waals surface area contributed by atoms with E-state index in [9.17, 15) is 40.6 Å². The first-order valence-corrected chi connectivity index (χ1v) is 11.3. The summed E-state index contributed by atoms with van der Waals surface area (Å²) in [6.07, 6.45) is -11.7. The van der Waals surface area contributed by atoms with Gasteiger partial charge in [-0.05, 0) is 61.7 Å². The van der Waals surface area contributed by atoms with Gasteiger partial charge in [-0.2, -0.15) is 26.3 Å². The van der Waals surface area contributed by atoms with E-state index in [1.54, 1.807) is 6.92 Å². The molecule has 2 saturated heterocycles. The summed E-state index contributed by atoms with van der Waals surface area (Å²) in [6, 6.07) is 6.33. The third-order valence-electron chi connectivity index (χ3n) is 7.09. The van der Waals surface area contributed by atoms with Crippen molar-refractivity contribution >= 4 is 5.91 Å². The molecule has 0 saturated carbocycles. The van der Waals surface area contributed by atoms with Gasteiger partial charge in [0.15, 0.2) is 0 Å². The van der Waals surface area contributed by atoms with Crippen LogP contribution in [-0.2, 0) is 21.9 Å². The van der Waals surface area contributed by atoms with Crippen molar-refractivity contribution in [3.63, 3.8) is 0 Å². The lowest BCUT2D eigenvalue weighted by molar-refractivity contribution is -0.143. The van der Waals surface area contributed by atoms with Crippen molar-refractivity contribution in [1.29, 1.82) is 0 Å². The van der Waals surface area contributed by atoms with E-state index in [4.69, 9.17) is 4.74 Å². The number of benzene rings is 2. The average Bonchev–Trinajstić information content (AvgIpc) is 3.26. The summed E-state index contributed by atoms with van der Waals surface area (Å²) in [5.74, 6) is -1.34. The Hall–Kier alpha value is -2.66. The highest BCUT2D eigenvalue weighted by Gasteiger charge is 2.57. The molecule has 0 bridgehead atoms. The molecule has 1 amide bonds. The number of alkyl halides is 6. The number of carbonyl (C=O) groups is 1. The summed E-state index contributed by atoms with van der Waals surface area (Å²) in [5.41, 5.74) is -3.62. The Labute approximate surface area is 202 Å². The molecule has 11 heteroatoms. The molecule has 2 aliphatic heterocycles. The molecule has 4 rings (SSSR count). The highest BCUT2D eigenvalue weighted by Crippen LogP contribution is 2.49. The molecule has 2 aromatic carbocycles. The maximum Gasteiger partial charge on any atom is 0.416 e. The summed E-state index contributed by atoms with van der Waals surface area (Å²) in [7, 11) is 0. The summed E-state index contributed by atoms with van der Waals surface area (Å²) in [4.78, 5) is 14.5. The predicted molar refractivity (Wildman–Crippen MR) is 114 cm³/mol. The zero-order chi connectivity index (χ0) is 26.6. The summed E-state index contributed by atoms with van der Waals surface area (Å²) in [5, 5.41) is 9.78. The zero-order valence-electron chi connectivity index (χ0n) is 19.3. The Balaban J connectivity index is 1.68. The molecule has 2 unspecified atom stereocenters. The van der Waals surface area contributed by atoms with Crippen LogP contribution in [0.1, 0.15) is 54.5 Å². The average molecular weight is 519 g/mol. The van der Waals surface area contributed by atoms with Crippen LogP contribution in [0.5, 0.6) is 0 Å². The molecule has 0 radical (unpaired) electrons. The molecule has 2 heterocycles. The third kappa shape index (κ3) is 4.82. The van der Waals surface area contributed by atoms with Crippen molar-refractivity contribution in [2.45, 2.75) is 56.8 Å². The Morgan fingerprint density at radius 2 is 1.61 bits per heavy atom. The minimum atomic E-state index is -5.00. The van der Waals surface area contributed by atoms with Gasteiger partial charge in [-0.25, -0.2) is 4.39 Å². The second kappa shape index (κ2) is 9.02. The number of halogens is 7. The van der Waals surface area contributed by atoms with E-state index in [-0.39, 0.29) is 37.1 Å². The van der Waals surface area contributed by atoms with Crippen LogP contribution in [0.3, 0.4) is 0 Å². The van der Waals surface area contributed by atoms with Gasteiger partial charge in [0.25, 0.3) is 0 Å². The van der Waals surface area contributed by atoms with Gasteiger partial charge in [-0.1, -0.05) is 12.1 Å². The van der Waals surface area contributed by atoms with E-state index in [0.29, 0.717) is 17.7 Å². The number of rotatable bonds is 5. The van der Waals surface area contributed by atoms with E-state index < -0.39 is 58.9 Å². The summed E-state index contributed by atoms with van der Waals surface area (Å²) in [6.45, 7) is 2.60. The molecular weight excluding hydrogens is 495 g/mol. The standard InChI is InChI=1S/C25H24F7NO3/c1-13(15-7-16(24(27,28)29)9-17(8-15)25(30,31)32)36-20-11-33-19(10-23(2,12-34)22(33)35)21(20)14-3-5-18(26)6-4-14/h3-9,13,19-21,34H,10-12H2,1-2H3/t13-,19?,20+,21+,23?/m1/s1. The van der Waals surface area contributed by atoms with Gasteiger partial charge in [0.2, 0.25) is 5.91 Å². The van der Waals surface area contributed by atoms with Crippen LogP contribution >= 0.6 is 0 Å². The van der Waals surface area contributed by atoms with Crippen LogP contribution in [-0.4, -0.2) is 41.2 Å². The van der Waals surface area contributed by atoms with Gasteiger partial charge in [-0.15, -0.1) is 0 Å². The van der Waals surface area contributed by atoms with Crippen molar-refractivity contribution in [2.75, 3.05) is 13.2 Å². The smallest absolute Gasteiger partial charge is 0.395 e. The normalized spacial score (nSPS) is 27.4. The van der Waals surface area contributed by atoms with E-state index >= 15 is 0 Å². The molecule has 196 valence electrons. The van der Waals surface area contributed by atoms with Crippen molar-refractivity contribution < 1.29 is 45.4 Å². The fraction of sp³-hybridized carbons (Fsp3) is 0.480. The first-order chi connectivity index (χ1) is 16.6. The highest BCUT2D eigenvalue weighted by atomic mass is 19.4. The molecule has 2 aliphatic rings. The van der Waals surface area contributed by atoms with Gasteiger partial charge in [0.05, 0.1) is 35.4 Å². The van der Waals surface area contributed by atoms with Crippen LogP contribution in [0.15, 0.2) is 42.5 Å². The Kier molecular flexibility index (Phi) is 6.62. The number of amides is 1. The molecule has 2 aromatic rings. The van der Waals surface area contributed by atoms with Gasteiger partial charge >= 0.3 is 12.4 Å². The molecule has 4 nitrogen and oxygen atoms in total. The minimum Gasteiger partial charge on any atom is -0.395 e. The lowest BCUT2D eigenvalue weighted by Crippen LogP contribution is -2.37. The van der Waals surface area contributed by atoms with Gasteiger partial charge in [0, 0.05) is 18.5 Å². The van der Waals surface area contributed by atoms with Crippen LogP contribution in [0, 0.1) is 11.2 Å². The largest absolute Gasteiger partial charge is 0.416 e. The molecule has 1 N–H and O–H groups in total. The quantitative estimate of drug-likeness (QED) is 0.516. The second-order valence-electron chi connectivity index (χ2n) is 9.68. The van der Waals surface area contributed by atoms with E-state index in [2.05, 4.69) is 0 Å². The van der Waals surface area contributed by atoms with Crippen LogP contribution in [0.2, 0.25) is 0 Å². The number of hydrogen-bond donors (Lipinski definition) is 1. The number of aliphatic hydroxyl groups excluding tert-OH is 1. The Bertz CT molecular complexity index is 1100. The summed E-state index contributed by atoms with van der Waals surface area (Å²) < 4.78 is 99.5. The fourth-order valence-corrected chi connectivity index (χ4v) is 5.19. The van der Waals surface area contributed by atoms with Gasteiger partial charge in [0.1, 0.15) is 5.82 Å². The number of nitrogens with zero attached hydrogens (tertiary/aromatic N) is 1. The minimum absolute atomic E-state index is 0.0244. The topological polar surface area (TPSA) is 49.8 Å². The van der Waals surface area contributed by atoms with Crippen LogP contribution in [0.25, 0.3) is 0 Å². The molecule has 2 fully saturated rings. The van der Waals surface area contributed by atoms with E-state index in [0.717, 1.165) is 0 Å². The predicted octanol–water partition coefficient (Wildman–Crippen LogP) is 5.71. The van der Waals surface area contributed by atoms with Crippen molar-refractivity contribution in [1.82, 2.24) is 4.90 Å². The van der Waals surface area contributed by atoms with Crippen LogP contribution < -0.4 is 0 Å². The Morgan fingerprint density at radius 1 is 1.06 bits per heavy atom. The highest BCUT2D eigenvalue weighted by molar-refractivity contribution is 5.86. The Morgan fingerprint density at radius 3 is 2.11 bits per heavy atom. The van der Waals surface area contributed by atoms with E-state index in [1.165, 1.54) is 36.1 Å². The zero-order valence-corrected chi connectivity index (χ0v) is 19.3. The lowest BCUT2D eigenvalue weighted by atomic mass is 9.81. The third-order valence-corrected chi connectivity index (χ3v) is 7.09. The molecule has 36 heavy (non-hydrogen) atoms. The number of aliphatic hydroxyl groups is 1. The lowest BCUT2D eigenvalue weighted by Gasteiger charge is -2.28. The number of ether oxygens (including phenoxy) is 1. The first kappa shape index (κ1) is 26.4. The van der Waals surface area contributed by atoms with Crippen molar-refractivity contribution in [2.24, 2.45) is 5.41 Å². The number of carbonyl (C=O) groups excluding carboxylic acids is 1. The SMILES string of the molecule is C[C@@H](O[C@H]1CN2C(=O)C(C)(CO)CC2[C@@H]1c1ccc(F)cc1)c1cc(C(F)(F)F)cc(C(F)(F)F)c1. The number of hydrogen-bond acceptors (Lipinski definition) is 3. The maximum absolute atomic E-state index is 13.6. The molecule has 0 aliphatic carbocycles. The summed E-state index contributed by atoms with van der Waals surface area (Å²) >= 11 is 0.